The van der Waals surface area contributed by atoms with Crippen molar-refractivity contribution in [3.63, 3.8) is 0 Å². The normalized spacial score (nSPS) is 15.3. The number of aliphatic hydroxyl groups excluding tert-OH is 1. The maximum atomic E-state index is 11.4. The Balaban J connectivity index is 2.00. The highest BCUT2D eigenvalue weighted by atomic mass is 32.2. The molecule has 6 heteroatoms. The van der Waals surface area contributed by atoms with Gasteiger partial charge < -0.3 is 5.11 Å². The minimum Gasteiger partial charge on any atom is -0.395 e. The second-order valence-electron chi connectivity index (χ2n) is 6.38. The number of thioether (sulfide) groups is 1. The zero-order valence-corrected chi connectivity index (χ0v) is 15.4. The Bertz CT molecular complexity index is 693. The van der Waals surface area contributed by atoms with Crippen molar-refractivity contribution in [2.45, 2.75) is 43.0 Å². The van der Waals surface area contributed by atoms with Crippen LogP contribution in [0.4, 0.5) is 5.82 Å². The standard InChI is InChI=1S/C19H25N3O2S/c1-25-17-9-7-15(8-10-17)18-13-19(21(14-24)11-12-23)20-22(18)16-5-3-2-4-6-16/h7-10,13-14,16,23H,2-6,11-12H2,1H3. The van der Waals surface area contributed by atoms with Gasteiger partial charge in [0.25, 0.3) is 0 Å². The van der Waals surface area contributed by atoms with Crippen molar-refractivity contribution in [3.8, 4) is 11.3 Å². The van der Waals surface area contributed by atoms with Crippen LogP contribution in [0.3, 0.4) is 0 Å². The molecule has 134 valence electrons. The van der Waals surface area contributed by atoms with Crippen LogP contribution < -0.4 is 4.90 Å². The third-order valence-corrected chi connectivity index (χ3v) is 5.54. The molecule has 0 bridgehead atoms. The summed E-state index contributed by atoms with van der Waals surface area (Å²) in [6.07, 6.45) is 8.78. The lowest BCUT2D eigenvalue weighted by Gasteiger charge is -2.24. The molecule has 1 aromatic carbocycles. The molecule has 1 fully saturated rings. The second-order valence-corrected chi connectivity index (χ2v) is 7.25. The lowest BCUT2D eigenvalue weighted by atomic mass is 9.95. The van der Waals surface area contributed by atoms with Gasteiger partial charge in [0, 0.05) is 11.0 Å². The molecule has 3 rings (SSSR count). The summed E-state index contributed by atoms with van der Waals surface area (Å²) in [6.45, 7) is 0.183. The van der Waals surface area contributed by atoms with Gasteiger partial charge >= 0.3 is 0 Å². The van der Waals surface area contributed by atoms with Crippen LogP contribution >= 0.6 is 11.8 Å². The van der Waals surface area contributed by atoms with Gasteiger partial charge in [-0.15, -0.1) is 11.8 Å². The van der Waals surface area contributed by atoms with Gasteiger partial charge in [0.05, 0.1) is 24.9 Å². The van der Waals surface area contributed by atoms with E-state index in [0.717, 1.165) is 30.5 Å². The Hall–Kier alpha value is -1.79. The second kappa shape index (κ2) is 8.54. The zero-order chi connectivity index (χ0) is 17.6. The Morgan fingerprint density at radius 2 is 2.00 bits per heavy atom. The molecule has 1 aliphatic rings. The molecular weight excluding hydrogens is 334 g/mol. The molecule has 25 heavy (non-hydrogen) atoms. The number of hydrogen-bond acceptors (Lipinski definition) is 4. The summed E-state index contributed by atoms with van der Waals surface area (Å²) in [6, 6.07) is 10.8. The number of carbonyl (C=O) groups is 1. The van der Waals surface area contributed by atoms with Gasteiger partial charge in [0.15, 0.2) is 5.82 Å². The van der Waals surface area contributed by atoms with E-state index in [9.17, 15) is 9.90 Å². The number of anilines is 1. The third kappa shape index (κ3) is 4.07. The molecule has 0 unspecified atom stereocenters. The maximum absolute atomic E-state index is 11.4. The monoisotopic (exact) mass is 359 g/mol. The topological polar surface area (TPSA) is 58.4 Å². The summed E-state index contributed by atoms with van der Waals surface area (Å²) >= 11 is 1.72. The highest BCUT2D eigenvalue weighted by Crippen LogP contribution is 2.34. The fraction of sp³-hybridized carbons (Fsp3) is 0.474. The van der Waals surface area contributed by atoms with E-state index in [4.69, 9.17) is 5.10 Å². The van der Waals surface area contributed by atoms with Gasteiger partial charge in [-0.2, -0.15) is 5.10 Å². The molecule has 1 N–H and O–H groups in total. The number of rotatable bonds is 7. The van der Waals surface area contributed by atoms with Gasteiger partial charge in [0.1, 0.15) is 0 Å². The van der Waals surface area contributed by atoms with Crippen LogP contribution in [0.2, 0.25) is 0 Å². The van der Waals surface area contributed by atoms with Crippen molar-refractivity contribution in [1.29, 1.82) is 0 Å². The predicted molar refractivity (Wildman–Crippen MR) is 102 cm³/mol. The van der Waals surface area contributed by atoms with E-state index in [0.29, 0.717) is 11.9 Å². The Labute approximate surface area is 153 Å². The average molecular weight is 359 g/mol. The molecule has 5 nitrogen and oxygen atoms in total. The van der Waals surface area contributed by atoms with Crippen LogP contribution in [-0.2, 0) is 4.79 Å². The molecule has 2 aromatic rings. The van der Waals surface area contributed by atoms with E-state index in [1.807, 2.05) is 6.07 Å². The molecule has 1 amide bonds. The molecule has 1 aliphatic carbocycles. The van der Waals surface area contributed by atoms with Crippen molar-refractivity contribution < 1.29 is 9.90 Å². The number of nitrogens with zero attached hydrogens (tertiary/aromatic N) is 3. The van der Waals surface area contributed by atoms with E-state index in [2.05, 4.69) is 35.2 Å². The SMILES string of the molecule is CSc1ccc(-c2cc(N(C=O)CCO)nn2C2CCCCC2)cc1. The van der Waals surface area contributed by atoms with Crippen LogP contribution in [0.15, 0.2) is 35.2 Å². The lowest BCUT2D eigenvalue weighted by Crippen LogP contribution is -2.25. The van der Waals surface area contributed by atoms with Crippen molar-refractivity contribution in [2.75, 3.05) is 24.3 Å². The Kier molecular flexibility index (Phi) is 6.15. The number of carbonyl (C=O) groups excluding carboxylic acids is 1. The molecule has 0 radical (unpaired) electrons. The van der Waals surface area contributed by atoms with E-state index in [1.54, 1.807) is 11.8 Å². The third-order valence-electron chi connectivity index (χ3n) is 4.79. The van der Waals surface area contributed by atoms with Gasteiger partial charge in [-0.3, -0.25) is 14.4 Å². The number of aliphatic hydroxyl groups is 1. The molecule has 1 saturated carbocycles. The van der Waals surface area contributed by atoms with Gasteiger partial charge in [-0.25, -0.2) is 0 Å². The first-order valence-electron chi connectivity index (χ1n) is 8.83. The van der Waals surface area contributed by atoms with Crippen LogP contribution in [0.1, 0.15) is 38.1 Å². The molecule has 0 saturated heterocycles. The van der Waals surface area contributed by atoms with Crippen LogP contribution in [0.25, 0.3) is 11.3 Å². The predicted octanol–water partition coefficient (Wildman–Crippen LogP) is 3.73. The van der Waals surface area contributed by atoms with E-state index in [-0.39, 0.29) is 13.2 Å². The Morgan fingerprint density at radius 1 is 1.28 bits per heavy atom. The first-order valence-corrected chi connectivity index (χ1v) is 10.1. The van der Waals surface area contributed by atoms with E-state index >= 15 is 0 Å². The first-order chi connectivity index (χ1) is 12.3. The van der Waals surface area contributed by atoms with Gasteiger partial charge in [-0.05, 0) is 36.8 Å². The highest BCUT2D eigenvalue weighted by molar-refractivity contribution is 7.98. The van der Waals surface area contributed by atoms with Crippen molar-refractivity contribution in [2.24, 2.45) is 0 Å². The summed E-state index contributed by atoms with van der Waals surface area (Å²) in [7, 11) is 0. The largest absolute Gasteiger partial charge is 0.395 e. The van der Waals surface area contributed by atoms with Crippen molar-refractivity contribution >= 4 is 24.0 Å². The fourth-order valence-electron chi connectivity index (χ4n) is 3.43. The van der Waals surface area contributed by atoms with Crippen LogP contribution in [-0.4, -0.2) is 40.7 Å². The summed E-state index contributed by atoms with van der Waals surface area (Å²) in [5.74, 6) is 0.610. The maximum Gasteiger partial charge on any atom is 0.215 e. The molecule has 1 aromatic heterocycles. The molecular formula is C19H25N3O2S. The molecule has 0 spiro atoms. The van der Waals surface area contributed by atoms with E-state index < -0.39 is 0 Å². The van der Waals surface area contributed by atoms with Crippen LogP contribution in [0, 0.1) is 0 Å². The smallest absolute Gasteiger partial charge is 0.215 e. The van der Waals surface area contributed by atoms with Gasteiger partial charge in [0.2, 0.25) is 6.41 Å². The highest BCUT2D eigenvalue weighted by Gasteiger charge is 2.22. The number of amides is 1. The molecule has 0 aliphatic heterocycles. The Morgan fingerprint density at radius 3 is 2.60 bits per heavy atom. The zero-order valence-electron chi connectivity index (χ0n) is 14.6. The summed E-state index contributed by atoms with van der Waals surface area (Å²) in [4.78, 5) is 14.1. The number of aromatic nitrogens is 2. The molecule has 1 heterocycles. The molecule has 0 atom stereocenters. The fourth-order valence-corrected chi connectivity index (χ4v) is 3.84. The van der Waals surface area contributed by atoms with Gasteiger partial charge in [-0.1, -0.05) is 31.4 Å². The minimum absolute atomic E-state index is 0.0766. The summed E-state index contributed by atoms with van der Waals surface area (Å²) in [5.41, 5.74) is 2.15. The average Bonchev–Trinajstić information content (AvgIpc) is 3.12. The van der Waals surface area contributed by atoms with Crippen molar-refractivity contribution in [1.82, 2.24) is 9.78 Å². The summed E-state index contributed by atoms with van der Waals surface area (Å²) < 4.78 is 2.09. The minimum atomic E-state index is -0.0766. The van der Waals surface area contributed by atoms with Crippen molar-refractivity contribution in [3.05, 3.63) is 30.3 Å². The number of benzene rings is 1. The lowest BCUT2D eigenvalue weighted by molar-refractivity contribution is -0.107. The van der Waals surface area contributed by atoms with Crippen LogP contribution in [0.5, 0.6) is 0 Å². The number of hydrogen-bond donors (Lipinski definition) is 1. The quantitative estimate of drug-likeness (QED) is 0.604. The van der Waals surface area contributed by atoms with E-state index in [1.165, 1.54) is 29.1 Å². The summed E-state index contributed by atoms with van der Waals surface area (Å²) in [5, 5.41) is 13.9. The first kappa shape index (κ1) is 18.0.